The third kappa shape index (κ3) is 4.21. The van der Waals surface area contributed by atoms with E-state index in [1.807, 2.05) is 6.92 Å². The highest BCUT2D eigenvalue weighted by Gasteiger charge is 2.41. The van der Waals surface area contributed by atoms with E-state index in [9.17, 15) is 13.7 Å². The Bertz CT molecular complexity index is 428. The Kier molecular flexibility index (Phi) is 5.43. The summed E-state index contributed by atoms with van der Waals surface area (Å²) in [4.78, 5) is 0. The van der Waals surface area contributed by atoms with Gasteiger partial charge < -0.3 is 0 Å². The molecular formula is C15H27NO2S. The van der Waals surface area contributed by atoms with Crippen LogP contribution in [0.5, 0.6) is 0 Å². The summed E-state index contributed by atoms with van der Waals surface area (Å²) in [5, 5.41) is 8.78. The number of rotatable bonds is 4. The van der Waals surface area contributed by atoms with E-state index in [0.29, 0.717) is 18.8 Å². The molecule has 3 atom stereocenters. The van der Waals surface area contributed by atoms with Crippen LogP contribution < -0.4 is 0 Å². The summed E-state index contributed by atoms with van der Waals surface area (Å²) in [7, 11) is -3.12. The first-order valence-corrected chi connectivity index (χ1v) is 9.05. The first-order valence-electron chi connectivity index (χ1n) is 7.33. The van der Waals surface area contributed by atoms with E-state index in [-0.39, 0.29) is 17.1 Å². The van der Waals surface area contributed by atoms with Gasteiger partial charge in [0.05, 0.1) is 23.0 Å². The van der Waals surface area contributed by atoms with Gasteiger partial charge in [-0.3, -0.25) is 0 Å². The van der Waals surface area contributed by atoms with Gasteiger partial charge in [-0.25, -0.2) is 8.42 Å². The molecular weight excluding hydrogens is 258 g/mol. The molecule has 0 aromatic heterocycles. The maximum atomic E-state index is 12.4. The molecule has 1 fully saturated rings. The maximum Gasteiger partial charge on any atom is 0.154 e. The molecule has 0 saturated heterocycles. The summed E-state index contributed by atoms with van der Waals surface area (Å²) in [6.45, 7) is 8.50. The van der Waals surface area contributed by atoms with Crippen LogP contribution in [0.4, 0.5) is 0 Å². The summed E-state index contributed by atoms with van der Waals surface area (Å²) in [5.41, 5.74) is 0.124. The van der Waals surface area contributed by atoms with Crippen LogP contribution in [-0.4, -0.2) is 19.4 Å². The summed E-state index contributed by atoms with van der Waals surface area (Å²) in [6.07, 6.45) is 3.95. The lowest BCUT2D eigenvalue weighted by Gasteiger charge is -2.39. The molecule has 0 heterocycles. The molecule has 4 heteroatoms. The molecule has 0 spiro atoms. The SMILES string of the molecule is CCCCS(=O)(=O)C1CC(C(C)(C)C)CCC1C#N. The number of hydrogen-bond donors (Lipinski definition) is 0. The quantitative estimate of drug-likeness (QED) is 0.793. The fourth-order valence-electron chi connectivity index (χ4n) is 2.96. The smallest absolute Gasteiger partial charge is 0.154 e. The molecule has 1 aliphatic rings. The number of nitriles is 1. The van der Waals surface area contributed by atoms with Crippen LogP contribution >= 0.6 is 0 Å². The van der Waals surface area contributed by atoms with Gasteiger partial charge in [0.1, 0.15) is 0 Å². The first-order chi connectivity index (χ1) is 8.72. The highest BCUT2D eigenvalue weighted by atomic mass is 32.2. The average molecular weight is 285 g/mol. The molecule has 110 valence electrons. The number of unbranched alkanes of at least 4 members (excludes halogenated alkanes) is 1. The van der Waals surface area contributed by atoms with E-state index in [1.54, 1.807) is 0 Å². The zero-order valence-electron chi connectivity index (χ0n) is 12.6. The number of nitrogens with zero attached hydrogens (tertiary/aromatic N) is 1. The summed E-state index contributed by atoms with van der Waals surface area (Å²) in [6, 6.07) is 2.23. The molecule has 0 aromatic carbocycles. The minimum absolute atomic E-state index is 0.124. The molecule has 3 nitrogen and oxygen atoms in total. The fourth-order valence-corrected chi connectivity index (χ4v) is 5.17. The van der Waals surface area contributed by atoms with Gasteiger partial charge in [-0.1, -0.05) is 34.1 Å². The van der Waals surface area contributed by atoms with Crippen molar-refractivity contribution in [2.75, 3.05) is 5.75 Å². The van der Waals surface area contributed by atoms with E-state index in [2.05, 4.69) is 26.8 Å². The molecule has 1 aliphatic carbocycles. The minimum atomic E-state index is -3.12. The third-order valence-corrected chi connectivity index (χ3v) is 6.73. The average Bonchev–Trinajstić information content (AvgIpc) is 2.34. The first kappa shape index (κ1) is 16.5. The third-order valence-electron chi connectivity index (χ3n) is 4.43. The predicted molar refractivity (Wildman–Crippen MR) is 78.4 cm³/mol. The Balaban J connectivity index is 2.90. The molecule has 0 aromatic rings. The van der Waals surface area contributed by atoms with Crippen molar-refractivity contribution in [1.29, 1.82) is 5.26 Å². The topological polar surface area (TPSA) is 57.9 Å². The number of sulfone groups is 1. The van der Waals surface area contributed by atoms with Gasteiger partial charge in [-0.15, -0.1) is 0 Å². The lowest BCUT2D eigenvalue weighted by Crippen LogP contribution is -2.40. The molecule has 0 radical (unpaired) electrons. The van der Waals surface area contributed by atoms with Gasteiger partial charge >= 0.3 is 0 Å². The molecule has 0 amide bonds. The molecule has 3 unspecified atom stereocenters. The van der Waals surface area contributed by atoms with Gasteiger partial charge in [0.2, 0.25) is 0 Å². The van der Waals surface area contributed by atoms with Crippen molar-refractivity contribution in [3.05, 3.63) is 0 Å². The second kappa shape index (κ2) is 6.26. The Morgan fingerprint density at radius 1 is 1.26 bits per heavy atom. The van der Waals surface area contributed by atoms with E-state index in [4.69, 9.17) is 0 Å². The van der Waals surface area contributed by atoms with Crippen LogP contribution in [0.2, 0.25) is 0 Å². The van der Waals surface area contributed by atoms with Gasteiger partial charge in [-0.05, 0) is 37.0 Å². The van der Waals surface area contributed by atoms with Crippen LogP contribution in [0, 0.1) is 28.6 Å². The molecule has 0 aliphatic heterocycles. The summed E-state index contributed by atoms with van der Waals surface area (Å²) in [5.74, 6) is 0.336. The van der Waals surface area contributed by atoms with Crippen LogP contribution in [0.25, 0.3) is 0 Å². The lowest BCUT2D eigenvalue weighted by atomic mass is 9.70. The van der Waals surface area contributed by atoms with Crippen LogP contribution in [0.3, 0.4) is 0 Å². The van der Waals surface area contributed by atoms with Gasteiger partial charge in [0, 0.05) is 0 Å². The largest absolute Gasteiger partial charge is 0.229 e. The standard InChI is InChI=1S/C15H27NO2S/c1-5-6-9-19(17,18)14-10-13(15(2,3)4)8-7-12(14)11-16/h12-14H,5-10H2,1-4H3. The minimum Gasteiger partial charge on any atom is -0.229 e. The highest BCUT2D eigenvalue weighted by molar-refractivity contribution is 7.92. The molecule has 1 saturated carbocycles. The van der Waals surface area contributed by atoms with Crippen LogP contribution in [-0.2, 0) is 9.84 Å². The Morgan fingerprint density at radius 3 is 2.37 bits per heavy atom. The number of hydrogen-bond acceptors (Lipinski definition) is 3. The zero-order chi connectivity index (χ0) is 14.7. The predicted octanol–water partition coefficient (Wildman–Crippen LogP) is 3.56. The Hall–Kier alpha value is -0.560. The molecule has 0 N–H and O–H groups in total. The van der Waals surface area contributed by atoms with Crippen molar-refractivity contribution < 1.29 is 8.42 Å². The maximum absolute atomic E-state index is 12.4. The monoisotopic (exact) mass is 285 g/mol. The molecule has 19 heavy (non-hydrogen) atoms. The van der Waals surface area contributed by atoms with Crippen molar-refractivity contribution in [3.63, 3.8) is 0 Å². The normalized spacial score (nSPS) is 28.9. The van der Waals surface area contributed by atoms with Crippen LogP contribution in [0.15, 0.2) is 0 Å². The fraction of sp³-hybridized carbons (Fsp3) is 0.933. The highest BCUT2D eigenvalue weighted by Crippen LogP contribution is 2.42. The van der Waals surface area contributed by atoms with Crippen molar-refractivity contribution in [1.82, 2.24) is 0 Å². The second-order valence-electron chi connectivity index (χ2n) is 6.87. The van der Waals surface area contributed by atoms with Crippen molar-refractivity contribution in [3.8, 4) is 6.07 Å². The Labute approximate surface area is 118 Å². The molecule has 0 bridgehead atoms. The zero-order valence-corrected chi connectivity index (χ0v) is 13.5. The van der Waals surface area contributed by atoms with Crippen molar-refractivity contribution in [2.24, 2.45) is 17.3 Å². The summed E-state index contributed by atoms with van der Waals surface area (Å²) < 4.78 is 24.9. The van der Waals surface area contributed by atoms with Crippen LogP contribution in [0.1, 0.15) is 59.8 Å². The van der Waals surface area contributed by atoms with Crippen molar-refractivity contribution in [2.45, 2.75) is 65.0 Å². The van der Waals surface area contributed by atoms with Gasteiger partial charge in [0.25, 0.3) is 0 Å². The van der Waals surface area contributed by atoms with E-state index in [1.165, 1.54) is 0 Å². The van der Waals surface area contributed by atoms with E-state index < -0.39 is 15.1 Å². The van der Waals surface area contributed by atoms with Crippen molar-refractivity contribution >= 4 is 9.84 Å². The Morgan fingerprint density at radius 2 is 1.89 bits per heavy atom. The summed E-state index contributed by atoms with van der Waals surface area (Å²) >= 11 is 0. The molecule has 1 rings (SSSR count). The van der Waals surface area contributed by atoms with E-state index in [0.717, 1.165) is 19.3 Å². The second-order valence-corrected chi connectivity index (χ2v) is 9.21. The van der Waals surface area contributed by atoms with Gasteiger partial charge in [0.15, 0.2) is 9.84 Å². The lowest BCUT2D eigenvalue weighted by molar-refractivity contribution is 0.166. The van der Waals surface area contributed by atoms with E-state index >= 15 is 0 Å². The van der Waals surface area contributed by atoms with Gasteiger partial charge in [-0.2, -0.15) is 5.26 Å².